The van der Waals surface area contributed by atoms with Crippen molar-refractivity contribution < 1.29 is 9.53 Å². The van der Waals surface area contributed by atoms with Gasteiger partial charge in [0.05, 0.1) is 0 Å². The number of amides is 1. The summed E-state index contributed by atoms with van der Waals surface area (Å²) in [6.07, 6.45) is 5.35. The maximum Gasteiger partial charge on any atom is 0.251 e. The molecule has 0 bridgehead atoms. The summed E-state index contributed by atoms with van der Waals surface area (Å²) in [5, 5.41) is 6.09. The molecule has 23 heavy (non-hydrogen) atoms. The molecule has 0 radical (unpaired) electrons. The molecule has 3 rings (SSSR count). The first-order valence-corrected chi connectivity index (χ1v) is 7.81. The van der Waals surface area contributed by atoms with E-state index in [1.165, 1.54) is 0 Å². The first-order chi connectivity index (χ1) is 11.3. The normalized spacial score (nSPS) is 15.1. The van der Waals surface area contributed by atoms with Gasteiger partial charge in [-0.05, 0) is 43.0 Å². The molecule has 2 aromatic rings. The van der Waals surface area contributed by atoms with Crippen molar-refractivity contribution in [2.24, 2.45) is 5.92 Å². The van der Waals surface area contributed by atoms with E-state index in [1.807, 2.05) is 12.1 Å². The molecule has 0 aliphatic carbocycles. The fraction of sp³-hybridized carbons (Fsp3) is 0.353. The van der Waals surface area contributed by atoms with Crippen LogP contribution in [-0.2, 0) is 4.74 Å². The number of hydrogen-bond acceptors (Lipinski definition) is 5. The van der Waals surface area contributed by atoms with Crippen molar-refractivity contribution in [2.75, 3.05) is 25.1 Å². The van der Waals surface area contributed by atoms with Crippen LogP contribution in [0.25, 0.3) is 0 Å². The van der Waals surface area contributed by atoms with Crippen molar-refractivity contribution >= 4 is 17.5 Å². The van der Waals surface area contributed by atoms with Gasteiger partial charge in [0.15, 0.2) is 0 Å². The van der Waals surface area contributed by atoms with Gasteiger partial charge in [-0.3, -0.25) is 4.79 Å². The Kier molecular flexibility index (Phi) is 5.16. The molecule has 1 amide bonds. The molecule has 1 saturated heterocycles. The molecule has 2 N–H and O–H groups in total. The van der Waals surface area contributed by atoms with Gasteiger partial charge in [-0.15, -0.1) is 0 Å². The van der Waals surface area contributed by atoms with Gasteiger partial charge in [0, 0.05) is 43.4 Å². The number of hydrogen-bond donors (Lipinski definition) is 2. The lowest BCUT2D eigenvalue weighted by Gasteiger charge is -2.22. The van der Waals surface area contributed by atoms with E-state index >= 15 is 0 Å². The summed E-state index contributed by atoms with van der Waals surface area (Å²) in [6.45, 7) is 2.27. The third kappa shape index (κ3) is 4.50. The number of nitrogens with zero attached hydrogens (tertiary/aromatic N) is 2. The van der Waals surface area contributed by atoms with Gasteiger partial charge in [-0.2, -0.15) is 0 Å². The molecule has 0 unspecified atom stereocenters. The SMILES string of the molecule is O=C(NCC1CCOCC1)c1cccc(Nc2ncccn2)c1. The maximum absolute atomic E-state index is 12.3. The van der Waals surface area contributed by atoms with E-state index in [9.17, 15) is 4.79 Å². The van der Waals surface area contributed by atoms with Crippen LogP contribution >= 0.6 is 0 Å². The Labute approximate surface area is 135 Å². The molecule has 0 atom stereocenters. The van der Waals surface area contributed by atoms with Crippen molar-refractivity contribution in [2.45, 2.75) is 12.8 Å². The highest BCUT2D eigenvalue weighted by Gasteiger charge is 2.15. The number of aromatic nitrogens is 2. The second kappa shape index (κ2) is 7.69. The number of anilines is 2. The van der Waals surface area contributed by atoms with Crippen LogP contribution in [0.2, 0.25) is 0 Å². The zero-order valence-electron chi connectivity index (χ0n) is 12.9. The first-order valence-electron chi connectivity index (χ1n) is 7.81. The van der Waals surface area contributed by atoms with E-state index in [0.29, 0.717) is 24.0 Å². The van der Waals surface area contributed by atoms with Crippen LogP contribution < -0.4 is 10.6 Å². The van der Waals surface area contributed by atoms with Crippen LogP contribution in [0.5, 0.6) is 0 Å². The molecule has 120 valence electrons. The Balaban J connectivity index is 1.58. The van der Waals surface area contributed by atoms with Gasteiger partial charge in [0.1, 0.15) is 0 Å². The van der Waals surface area contributed by atoms with E-state index in [2.05, 4.69) is 20.6 Å². The topological polar surface area (TPSA) is 76.1 Å². The number of rotatable bonds is 5. The molecule has 2 heterocycles. The van der Waals surface area contributed by atoms with E-state index < -0.39 is 0 Å². The van der Waals surface area contributed by atoms with E-state index in [1.54, 1.807) is 30.6 Å². The monoisotopic (exact) mass is 312 g/mol. The number of carbonyl (C=O) groups excluding carboxylic acids is 1. The molecule has 1 aliphatic rings. The van der Waals surface area contributed by atoms with Crippen LogP contribution in [-0.4, -0.2) is 35.6 Å². The third-order valence-electron chi connectivity index (χ3n) is 3.84. The van der Waals surface area contributed by atoms with E-state index in [4.69, 9.17) is 4.74 Å². The van der Waals surface area contributed by atoms with Gasteiger partial charge in [-0.25, -0.2) is 9.97 Å². The van der Waals surface area contributed by atoms with Crippen LogP contribution in [0, 0.1) is 5.92 Å². The minimum absolute atomic E-state index is 0.0610. The Morgan fingerprint density at radius 1 is 1.17 bits per heavy atom. The Bertz CT molecular complexity index is 642. The lowest BCUT2D eigenvalue weighted by atomic mass is 10.0. The predicted octanol–water partition coefficient (Wildman–Crippen LogP) is 2.38. The van der Waals surface area contributed by atoms with Crippen molar-refractivity contribution in [3.8, 4) is 0 Å². The lowest BCUT2D eigenvalue weighted by Crippen LogP contribution is -2.32. The van der Waals surface area contributed by atoms with E-state index in [0.717, 1.165) is 31.7 Å². The zero-order valence-corrected chi connectivity index (χ0v) is 12.9. The summed E-state index contributed by atoms with van der Waals surface area (Å²) in [6, 6.07) is 9.08. The summed E-state index contributed by atoms with van der Waals surface area (Å²) in [7, 11) is 0. The summed E-state index contributed by atoms with van der Waals surface area (Å²) in [5.74, 6) is 0.952. The standard InChI is InChI=1S/C17H20N4O2/c22-16(20-12-13-5-9-23-10-6-13)14-3-1-4-15(11-14)21-17-18-7-2-8-19-17/h1-4,7-8,11,13H,5-6,9-10,12H2,(H,20,22)(H,18,19,21). The van der Waals surface area contributed by atoms with Crippen molar-refractivity contribution in [3.63, 3.8) is 0 Å². The first kappa shape index (κ1) is 15.4. The van der Waals surface area contributed by atoms with Crippen molar-refractivity contribution in [3.05, 3.63) is 48.3 Å². The highest BCUT2D eigenvalue weighted by molar-refractivity contribution is 5.95. The van der Waals surface area contributed by atoms with Gasteiger partial charge >= 0.3 is 0 Å². The fourth-order valence-corrected chi connectivity index (χ4v) is 2.52. The second-order valence-electron chi connectivity index (χ2n) is 5.54. The van der Waals surface area contributed by atoms with Gasteiger partial charge in [0.2, 0.25) is 5.95 Å². The lowest BCUT2D eigenvalue weighted by molar-refractivity contribution is 0.0642. The average Bonchev–Trinajstić information content (AvgIpc) is 2.62. The molecule has 1 aromatic carbocycles. The molecule has 6 nitrogen and oxygen atoms in total. The van der Waals surface area contributed by atoms with Gasteiger partial charge < -0.3 is 15.4 Å². The van der Waals surface area contributed by atoms with Crippen LogP contribution in [0.4, 0.5) is 11.6 Å². The summed E-state index contributed by atoms with van der Waals surface area (Å²) < 4.78 is 5.33. The zero-order chi connectivity index (χ0) is 15.9. The minimum atomic E-state index is -0.0610. The van der Waals surface area contributed by atoms with Gasteiger partial charge in [-0.1, -0.05) is 6.07 Å². The molecule has 0 spiro atoms. The summed E-state index contributed by atoms with van der Waals surface area (Å²) >= 11 is 0. The second-order valence-corrected chi connectivity index (χ2v) is 5.54. The van der Waals surface area contributed by atoms with Crippen molar-refractivity contribution in [1.82, 2.24) is 15.3 Å². The molecular formula is C17H20N4O2. The molecule has 1 fully saturated rings. The number of benzene rings is 1. The van der Waals surface area contributed by atoms with Crippen LogP contribution in [0.15, 0.2) is 42.7 Å². The maximum atomic E-state index is 12.3. The van der Waals surface area contributed by atoms with Crippen LogP contribution in [0.3, 0.4) is 0 Å². The summed E-state index contributed by atoms with van der Waals surface area (Å²) in [4.78, 5) is 20.5. The fourth-order valence-electron chi connectivity index (χ4n) is 2.52. The van der Waals surface area contributed by atoms with E-state index in [-0.39, 0.29) is 5.91 Å². The van der Waals surface area contributed by atoms with Crippen LogP contribution in [0.1, 0.15) is 23.2 Å². The Hall–Kier alpha value is -2.47. The Morgan fingerprint density at radius 3 is 2.74 bits per heavy atom. The Morgan fingerprint density at radius 2 is 1.96 bits per heavy atom. The average molecular weight is 312 g/mol. The summed E-state index contributed by atoms with van der Waals surface area (Å²) in [5.41, 5.74) is 1.41. The number of ether oxygens (including phenoxy) is 1. The third-order valence-corrected chi connectivity index (χ3v) is 3.84. The largest absolute Gasteiger partial charge is 0.381 e. The molecule has 1 aliphatic heterocycles. The molecule has 1 aromatic heterocycles. The number of carbonyl (C=O) groups is 1. The smallest absolute Gasteiger partial charge is 0.251 e. The molecular weight excluding hydrogens is 292 g/mol. The number of nitrogens with one attached hydrogen (secondary N) is 2. The van der Waals surface area contributed by atoms with Gasteiger partial charge in [0.25, 0.3) is 5.91 Å². The highest BCUT2D eigenvalue weighted by Crippen LogP contribution is 2.16. The quantitative estimate of drug-likeness (QED) is 0.886. The predicted molar refractivity (Wildman–Crippen MR) is 87.6 cm³/mol. The highest BCUT2D eigenvalue weighted by atomic mass is 16.5. The molecule has 6 heteroatoms. The molecule has 0 saturated carbocycles. The van der Waals surface area contributed by atoms with Crippen molar-refractivity contribution in [1.29, 1.82) is 0 Å². The minimum Gasteiger partial charge on any atom is -0.381 e.